The number of H-pyrrole nitrogens is 1. The van der Waals surface area contributed by atoms with Crippen LogP contribution in [0, 0.1) is 5.92 Å². The molecule has 1 aromatic heterocycles. The summed E-state index contributed by atoms with van der Waals surface area (Å²) >= 11 is 6.15. The predicted molar refractivity (Wildman–Crippen MR) is 110 cm³/mol. The van der Waals surface area contributed by atoms with E-state index < -0.39 is 0 Å². The number of halogens is 1. The van der Waals surface area contributed by atoms with E-state index in [9.17, 15) is 9.59 Å². The van der Waals surface area contributed by atoms with Crippen molar-refractivity contribution in [3.05, 3.63) is 70.9 Å². The molecule has 0 saturated carbocycles. The summed E-state index contributed by atoms with van der Waals surface area (Å²) in [7, 11) is 0. The third kappa shape index (κ3) is 3.90. The van der Waals surface area contributed by atoms with Crippen LogP contribution in [0.15, 0.2) is 54.7 Å². The third-order valence-electron chi connectivity index (χ3n) is 5.29. The van der Waals surface area contributed by atoms with Gasteiger partial charge in [-0.3, -0.25) is 9.59 Å². The van der Waals surface area contributed by atoms with Gasteiger partial charge in [0.1, 0.15) is 0 Å². The molecule has 5 nitrogen and oxygen atoms in total. The van der Waals surface area contributed by atoms with Crippen molar-refractivity contribution in [2.24, 2.45) is 5.92 Å². The van der Waals surface area contributed by atoms with Gasteiger partial charge in [0.05, 0.1) is 5.92 Å². The zero-order valence-corrected chi connectivity index (χ0v) is 16.2. The Kier molecular flexibility index (Phi) is 5.35. The van der Waals surface area contributed by atoms with Gasteiger partial charge in [0.2, 0.25) is 5.91 Å². The number of carbonyl (C=O) groups is 2. The van der Waals surface area contributed by atoms with E-state index in [2.05, 4.69) is 10.3 Å². The van der Waals surface area contributed by atoms with E-state index in [1.165, 1.54) is 0 Å². The van der Waals surface area contributed by atoms with Gasteiger partial charge in [-0.25, -0.2) is 0 Å². The molecule has 2 amide bonds. The fourth-order valence-electron chi connectivity index (χ4n) is 3.71. The van der Waals surface area contributed by atoms with Gasteiger partial charge in [-0.2, -0.15) is 0 Å². The zero-order chi connectivity index (χ0) is 19.5. The number of hydrogen-bond acceptors (Lipinski definition) is 2. The van der Waals surface area contributed by atoms with E-state index in [0.29, 0.717) is 30.2 Å². The second-order valence-corrected chi connectivity index (χ2v) is 7.59. The van der Waals surface area contributed by atoms with Crippen LogP contribution in [0.5, 0.6) is 0 Å². The second kappa shape index (κ2) is 8.07. The van der Waals surface area contributed by atoms with Crippen LogP contribution < -0.4 is 5.32 Å². The van der Waals surface area contributed by atoms with Crippen molar-refractivity contribution in [1.82, 2.24) is 15.2 Å². The molecule has 144 valence electrons. The topological polar surface area (TPSA) is 65.2 Å². The van der Waals surface area contributed by atoms with Gasteiger partial charge >= 0.3 is 0 Å². The first-order valence-corrected chi connectivity index (χ1v) is 9.87. The van der Waals surface area contributed by atoms with Gasteiger partial charge < -0.3 is 15.2 Å². The molecule has 1 unspecified atom stereocenters. The van der Waals surface area contributed by atoms with E-state index >= 15 is 0 Å². The van der Waals surface area contributed by atoms with Gasteiger partial charge in [0, 0.05) is 47.3 Å². The summed E-state index contributed by atoms with van der Waals surface area (Å²) < 4.78 is 0. The van der Waals surface area contributed by atoms with Crippen LogP contribution in [-0.4, -0.2) is 34.8 Å². The molecular formula is C22H22ClN3O2. The molecule has 0 bridgehead atoms. The summed E-state index contributed by atoms with van der Waals surface area (Å²) in [4.78, 5) is 30.5. The second-order valence-electron chi connectivity index (χ2n) is 7.18. The summed E-state index contributed by atoms with van der Waals surface area (Å²) in [6.45, 7) is 1.52. The first kappa shape index (κ1) is 18.6. The maximum atomic E-state index is 12.9. The molecule has 1 fully saturated rings. The number of hydrogen-bond donors (Lipinski definition) is 2. The average Bonchev–Trinajstić information content (AvgIpc) is 3.20. The smallest absolute Gasteiger partial charge is 0.253 e. The Bertz CT molecular complexity index is 1010. The SMILES string of the molecule is O=C(NCc1ccccc1Cl)C1CCCN(C(=O)c2ccc3[nH]ccc3c2)C1. The largest absolute Gasteiger partial charge is 0.361 e. The summed E-state index contributed by atoms with van der Waals surface area (Å²) in [6, 6.07) is 15.1. The minimum Gasteiger partial charge on any atom is -0.361 e. The lowest BCUT2D eigenvalue weighted by molar-refractivity contribution is -0.126. The molecule has 1 aliphatic rings. The van der Waals surface area contributed by atoms with Crippen molar-refractivity contribution in [3.8, 4) is 0 Å². The Balaban J connectivity index is 1.39. The Labute approximate surface area is 168 Å². The number of carbonyl (C=O) groups excluding carboxylic acids is 2. The van der Waals surface area contributed by atoms with Crippen molar-refractivity contribution in [2.75, 3.05) is 13.1 Å². The van der Waals surface area contributed by atoms with E-state index in [1.807, 2.05) is 54.7 Å². The fourth-order valence-corrected chi connectivity index (χ4v) is 3.92. The van der Waals surface area contributed by atoms with Crippen molar-refractivity contribution in [2.45, 2.75) is 19.4 Å². The van der Waals surface area contributed by atoms with Crippen LogP contribution in [0.3, 0.4) is 0 Å². The van der Waals surface area contributed by atoms with Gasteiger partial charge in [-0.05, 0) is 48.7 Å². The van der Waals surface area contributed by atoms with Gasteiger partial charge in [-0.1, -0.05) is 29.8 Å². The Hall–Kier alpha value is -2.79. The first-order chi connectivity index (χ1) is 13.6. The standard InChI is InChI=1S/C22H22ClN3O2/c23-19-6-2-1-4-17(19)13-25-21(27)18-5-3-11-26(14-18)22(28)16-7-8-20-15(12-16)9-10-24-20/h1-2,4,6-10,12,18,24H,3,5,11,13-14H2,(H,25,27). The highest BCUT2D eigenvalue weighted by Crippen LogP contribution is 2.22. The number of nitrogens with zero attached hydrogens (tertiary/aromatic N) is 1. The van der Waals surface area contributed by atoms with Crippen molar-refractivity contribution in [1.29, 1.82) is 0 Å². The Morgan fingerprint density at radius 2 is 2.04 bits per heavy atom. The molecule has 2 N–H and O–H groups in total. The summed E-state index contributed by atoms with van der Waals surface area (Å²) in [6.07, 6.45) is 3.47. The first-order valence-electron chi connectivity index (χ1n) is 9.49. The number of aromatic amines is 1. The molecular weight excluding hydrogens is 374 g/mol. The quantitative estimate of drug-likeness (QED) is 0.701. The lowest BCUT2D eigenvalue weighted by atomic mass is 9.96. The maximum absolute atomic E-state index is 12.9. The number of fused-ring (bicyclic) bond motifs is 1. The van der Waals surface area contributed by atoms with Crippen molar-refractivity contribution >= 4 is 34.3 Å². The van der Waals surface area contributed by atoms with Crippen LogP contribution in [-0.2, 0) is 11.3 Å². The predicted octanol–water partition coefficient (Wildman–Crippen LogP) is 3.99. The van der Waals surface area contributed by atoms with Crippen molar-refractivity contribution < 1.29 is 9.59 Å². The number of aromatic nitrogens is 1. The molecule has 0 radical (unpaired) electrons. The molecule has 3 aromatic rings. The van der Waals surface area contributed by atoms with E-state index in [-0.39, 0.29) is 17.7 Å². The lowest BCUT2D eigenvalue weighted by Crippen LogP contribution is -2.45. The highest BCUT2D eigenvalue weighted by Gasteiger charge is 2.29. The van der Waals surface area contributed by atoms with Gasteiger partial charge in [-0.15, -0.1) is 0 Å². The summed E-state index contributed by atoms with van der Waals surface area (Å²) in [5.41, 5.74) is 2.55. The highest BCUT2D eigenvalue weighted by atomic mass is 35.5. The molecule has 28 heavy (non-hydrogen) atoms. The minimum atomic E-state index is -0.198. The third-order valence-corrected chi connectivity index (χ3v) is 5.66. The Morgan fingerprint density at radius 3 is 2.89 bits per heavy atom. The molecule has 1 saturated heterocycles. The van der Waals surface area contributed by atoms with Crippen LogP contribution in [0.2, 0.25) is 5.02 Å². The molecule has 0 spiro atoms. The molecule has 6 heteroatoms. The number of benzene rings is 2. The molecule has 0 aliphatic carbocycles. The average molecular weight is 396 g/mol. The van der Waals surface area contributed by atoms with Crippen LogP contribution in [0.25, 0.3) is 10.9 Å². The molecule has 2 heterocycles. The van der Waals surface area contributed by atoms with Gasteiger partial charge in [0.15, 0.2) is 0 Å². The summed E-state index contributed by atoms with van der Waals surface area (Å²) in [5, 5.41) is 4.62. The maximum Gasteiger partial charge on any atom is 0.253 e. The molecule has 4 rings (SSSR count). The van der Waals surface area contributed by atoms with Crippen LogP contribution in [0.1, 0.15) is 28.8 Å². The minimum absolute atomic E-state index is 0.0216. The summed E-state index contributed by atoms with van der Waals surface area (Å²) in [5.74, 6) is -0.249. The normalized spacial score (nSPS) is 16.9. The number of rotatable bonds is 4. The van der Waals surface area contributed by atoms with E-state index in [0.717, 1.165) is 29.3 Å². The van der Waals surface area contributed by atoms with Crippen LogP contribution in [0.4, 0.5) is 0 Å². The number of nitrogens with one attached hydrogen (secondary N) is 2. The highest BCUT2D eigenvalue weighted by molar-refractivity contribution is 6.31. The zero-order valence-electron chi connectivity index (χ0n) is 15.5. The monoisotopic (exact) mass is 395 g/mol. The lowest BCUT2D eigenvalue weighted by Gasteiger charge is -2.32. The van der Waals surface area contributed by atoms with Crippen molar-refractivity contribution in [3.63, 3.8) is 0 Å². The number of piperidine rings is 1. The van der Waals surface area contributed by atoms with Gasteiger partial charge in [0.25, 0.3) is 5.91 Å². The molecule has 1 atom stereocenters. The van der Waals surface area contributed by atoms with E-state index in [4.69, 9.17) is 11.6 Å². The molecule has 2 aromatic carbocycles. The Morgan fingerprint density at radius 1 is 1.18 bits per heavy atom. The fraction of sp³-hybridized carbons (Fsp3) is 0.273. The number of likely N-dealkylation sites (tertiary alicyclic amines) is 1. The van der Waals surface area contributed by atoms with Crippen LogP contribution >= 0.6 is 11.6 Å². The number of amides is 2. The van der Waals surface area contributed by atoms with E-state index in [1.54, 1.807) is 4.90 Å². The molecule has 1 aliphatic heterocycles.